The highest BCUT2D eigenvalue weighted by atomic mass is 32.1. The van der Waals surface area contributed by atoms with Gasteiger partial charge in [0.25, 0.3) is 11.7 Å². The average Bonchev–Trinajstić information content (AvgIpc) is 3.52. The number of aliphatic hydroxyl groups excluding tert-OH is 1. The first-order chi connectivity index (χ1) is 16.1. The summed E-state index contributed by atoms with van der Waals surface area (Å²) in [5.74, 6) is -1.40. The van der Waals surface area contributed by atoms with Crippen molar-refractivity contribution in [2.75, 3.05) is 39.4 Å². The monoisotopic (exact) mass is 466 g/mol. The molecule has 1 amide bonds. The lowest BCUT2D eigenvalue weighted by molar-refractivity contribution is -0.140. The van der Waals surface area contributed by atoms with Gasteiger partial charge in [0.15, 0.2) is 5.76 Å². The number of aryl methyl sites for hydroxylation is 1. The van der Waals surface area contributed by atoms with Gasteiger partial charge in [-0.1, -0.05) is 12.1 Å². The summed E-state index contributed by atoms with van der Waals surface area (Å²) in [5, 5.41) is 13.3. The maximum absolute atomic E-state index is 13.2. The molecule has 5 heterocycles. The lowest BCUT2D eigenvalue weighted by atomic mass is 10.0. The van der Waals surface area contributed by atoms with E-state index in [-0.39, 0.29) is 11.3 Å². The number of likely N-dealkylation sites (tertiary alicyclic amines) is 1. The summed E-state index contributed by atoms with van der Waals surface area (Å²) in [5.41, 5.74) is 1.84. The van der Waals surface area contributed by atoms with Crippen molar-refractivity contribution in [3.8, 4) is 0 Å². The Balaban J connectivity index is 1.51. The van der Waals surface area contributed by atoms with Crippen molar-refractivity contribution in [1.82, 2.24) is 19.2 Å². The van der Waals surface area contributed by atoms with E-state index in [0.717, 1.165) is 44.1 Å². The van der Waals surface area contributed by atoms with Crippen LogP contribution < -0.4 is 0 Å². The second-order valence-electron chi connectivity index (χ2n) is 8.29. The Kier molecular flexibility index (Phi) is 6.01. The SMILES string of the molecule is Cc1nc2ccccn2c1C(O)=C1C(=O)C(=O)N(CCCN2CCOCC2)[C@H]1c1cccs1. The summed E-state index contributed by atoms with van der Waals surface area (Å²) < 4.78 is 7.15. The van der Waals surface area contributed by atoms with Crippen LogP contribution in [0.25, 0.3) is 11.4 Å². The summed E-state index contributed by atoms with van der Waals surface area (Å²) >= 11 is 1.48. The molecule has 0 saturated carbocycles. The zero-order valence-corrected chi connectivity index (χ0v) is 19.3. The number of carbonyl (C=O) groups excluding carboxylic acids is 2. The van der Waals surface area contributed by atoms with Crippen LogP contribution in [0.5, 0.6) is 0 Å². The number of hydrogen-bond acceptors (Lipinski definition) is 7. The topological polar surface area (TPSA) is 87.4 Å². The zero-order chi connectivity index (χ0) is 22.9. The molecule has 8 nitrogen and oxygen atoms in total. The summed E-state index contributed by atoms with van der Waals surface area (Å²) in [6.07, 6.45) is 2.53. The van der Waals surface area contributed by atoms with Gasteiger partial charge in [0.1, 0.15) is 11.3 Å². The van der Waals surface area contributed by atoms with Gasteiger partial charge in [-0.05, 0) is 36.9 Å². The fourth-order valence-corrected chi connectivity index (χ4v) is 5.51. The fraction of sp³-hybridized carbons (Fsp3) is 0.375. The zero-order valence-electron chi connectivity index (χ0n) is 18.4. The fourth-order valence-electron chi connectivity index (χ4n) is 4.67. The second-order valence-corrected chi connectivity index (χ2v) is 9.27. The van der Waals surface area contributed by atoms with Gasteiger partial charge in [0.05, 0.1) is 30.5 Å². The van der Waals surface area contributed by atoms with Crippen molar-refractivity contribution < 1.29 is 19.4 Å². The number of thiophene rings is 1. The number of rotatable bonds is 6. The van der Waals surface area contributed by atoms with Gasteiger partial charge in [0.2, 0.25) is 0 Å². The maximum atomic E-state index is 13.2. The smallest absolute Gasteiger partial charge is 0.295 e. The highest BCUT2D eigenvalue weighted by Crippen LogP contribution is 2.41. The van der Waals surface area contributed by atoms with E-state index in [2.05, 4.69) is 9.88 Å². The molecule has 0 aliphatic carbocycles. The summed E-state index contributed by atoms with van der Waals surface area (Å²) in [6.45, 7) is 6.25. The molecule has 9 heteroatoms. The molecule has 0 bridgehead atoms. The highest BCUT2D eigenvalue weighted by molar-refractivity contribution is 7.10. The van der Waals surface area contributed by atoms with E-state index in [1.165, 1.54) is 11.3 Å². The van der Waals surface area contributed by atoms with E-state index in [9.17, 15) is 14.7 Å². The predicted molar refractivity (Wildman–Crippen MR) is 125 cm³/mol. The van der Waals surface area contributed by atoms with Crippen LogP contribution in [0.2, 0.25) is 0 Å². The maximum Gasteiger partial charge on any atom is 0.295 e. The van der Waals surface area contributed by atoms with Gasteiger partial charge in [-0.15, -0.1) is 11.3 Å². The van der Waals surface area contributed by atoms with Crippen LogP contribution in [0, 0.1) is 6.92 Å². The predicted octanol–water partition coefficient (Wildman–Crippen LogP) is 2.85. The lowest BCUT2D eigenvalue weighted by Gasteiger charge is -2.28. The van der Waals surface area contributed by atoms with Crippen molar-refractivity contribution in [1.29, 1.82) is 0 Å². The molecule has 3 aromatic rings. The molecule has 3 aromatic heterocycles. The summed E-state index contributed by atoms with van der Waals surface area (Å²) in [7, 11) is 0. The van der Waals surface area contributed by atoms with Crippen molar-refractivity contribution in [3.63, 3.8) is 0 Å². The van der Waals surface area contributed by atoms with E-state index in [1.54, 1.807) is 22.4 Å². The number of carbonyl (C=O) groups is 2. The molecule has 0 radical (unpaired) electrons. The van der Waals surface area contributed by atoms with Crippen LogP contribution in [0.4, 0.5) is 0 Å². The number of morpholine rings is 1. The third kappa shape index (κ3) is 3.96. The Bertz CT molecular complexity index is 1210. The molecule has 1 atom stereocenters. The Hall–Kier alpha value is -3.01. The molecular weight excluding hydrogens is 440 g/mol. The standard InChI is InChI=1S/C24H26N4O4S/c1-16-20(27-9-3-2-7-18(27)25-16)22(29)19-21(17-6-4-15-33-17)28(24(31)23(19)30)10-5-8-26-11-13-32-14-12-26/h2-4,6-7,9,15,21,29H,5,8,10-14H2,1H3/t21-/m0/s1. The van der Waals surface area contributed by atoms with Gasteiger partial charge in [-0.2, -0.15) is 0 Å². The third-order valence-electron chi connectivity index (χ3n) is 6.26. The Morgan fingerprint density at radius 1 is 1.18 bits per heavy atom. The van der Waals surface area contributed by atoms with Crippen LogP contribution in [-0.2, 0) is 14.3 Å². The van der Waals surface area contributed by atoms with E-state index in [0.29, 0.717) is 23.6 Å². The second kappa shape index (κ2) is 9.09. The minimum atomic E-state index is -0.650. The molecule has 2 fully saturated rings. The van der Waals surface area contributed by atoms with Crippen molar-refractivity contribution in [3.05, 3.63) is 63.7 Å². The van der Waals surface area contributed by atoms with Crippen LogP contribution >= 0.6 is 11.3 Å². The van der Waals surface area contributed by atoms with E-state index < -0.39 is 17.7 Å². The van der Waals surface area contributed by atoms with Gasteiger partial charge < -0.3 is 14.7 Å². The first-order valence-corrected chi connectivity index (χ1v) is 12.0. The average molecular weight is 467 g/mol. The number of Topliss-reactive ketones (excluding diaryl/α,β-unsaturated/α-hetero) is 1. The minimum absolute atomic E-state index is 0.127. The molecule has 0 aromatic carbocycles. The normalized spacial score (nSPS) is 21.4. The van der Waals surface area contributed by atoms with E-state index >= 15 is 0 Å². The number of ketones is 1. The van der Waals surface area contributed by atoms with Crippen LogP contribution in [0.3, 0.4) is 0 Å². The van der Waals surface area contributed by atoms with Gasteiger partial charge in [-0.3, -0.25) is 18.9 Å². The van der Waals surface area contributed by atoms with Crippen molar-refractivity contribution in [2.45, 2.75) is 19.4 Å². The number of fused-ring (bicyclic) bond motifs is 1. The molecule has 0 spiro atoms. The molecule has 0 unspecified atom stereocenters. The third-order valence-corrected chi connectivity index (χ3v) is 7.18. The molecular formula is C24H26N4O4S. The number of aliphatic hydroxyl groups is 1. The molecule has 2 aliphatic rings. The molecule has 172 valence electrons. The largest absolute Gasteiger partial charge is 0.505 e. The number of amides is 1. The quantitative estimate of drug-likeness (QED) is 0.342. The number of hydrogen-bond donors (Lipinski definition) is 1. The van der Waals surface area contributed by atoms with Crippen LogP contribution in [0.1, 0.15) is 28.7 Å². The van der Waals surface area contributed by atoms with Gasteiger partial charge >= 0.3 is 0 Å². The van der Waals surface area contributed by atoms with Crippen LogP contribution in [-0.4, -0.2) is 75.4 Å². The molecule has 1 N–H and O–H groups in total. The minimum Gasteiger partial charge on any atom is -0.505 e. The number of aromatic nitrogens is 2. The first-order valence-electron chi connectivity index (χ1n) is 11.1. The number of nitrogens with zero attached hydrogens (tertiary/aromatic N) is 4. The van der Waals surface area contributed by atoms with Crippen LogP contribution in [0.15, 0.2) is 47.5 Å². The number of pyridine rings is 1. The molecule has 2 saturated heterocycles. The van der Waals surface area contributed by atoms with Crippen molar-refractivity contribution in [2.24, 2.45) is 0 Å². The lowest BCUT2D eigenvalue weighted by Crippen LogP contribution is -2.38. The Morgan fingerprint density at radius 3 is 2.76 bits per heavy atom. The molecule has 2 aliphatic heterocycles. The number of imidazole rings is 1. The number of ether oxygens (including phenoxy) is 1. The summed E-state index contributed by atoms with van der Waals surface area (Å²) in [4.78, 5) is 35.6. The van der Waals surface area contributed by atoms with E-state index in [4.69, 9.17) is 4.74 Å². The summed E-state index contributed by atoms with van der Waals surface area (Å²) in [6, 6.07) is 8.74. The van der Waals surface area contributed by atoms with Gasteiger partial charge in [0, 0.05) is 37.3 Å². The van der Waals surface area contributed by atoms with Crippen molar-refractivity contribution >= 4 is 34.4 Å². The molecule has 5 rings (SSSR count). The van der Waals surface area contributed by atoms with E-state index in [1.807, 2.05) is 35.7 Å². The highest BCUT2D eigenvalue weighted by Gasteiger charge is 2.46. The first kappa shape index (κ1) is 21.8. The molecule has 33 heavy (non-hydrogen) atoms. The Labute approximate surface area is 195 Å². The van der Waals surface area contributed by atoms with Gasteiger partial charge in [-0.25, -0.2) is 4.98 Å². The Morgan fingerprint density at radius 2 is 2.00 bits per heavy atom.